The lowest BCUT2D eigenvalue weighted by molar-refractivity contribution is 0.0965. The Kier molecular flexibility index (Phi) is 3.81. The molecule has 2 aromatic carbocycles. The summed E-state index contributed by atoms with van der Waals surface area (Å²) < 4.78 is 0. The van der Waals surface area contributed by atoms with Crippen LogP contribution in [0.1, 0.15) is 42.6 Å². The summed E-state index contributed by atoms with van der Waals surface area (Å²) in [6, 6.07) is 12.2. The largest absolute Gasteiger partial charge is 0.294 e. The Bertz CT molecular complexity index is 569. The van der Waals surface area contributed by atoms with E-state index in [0.29, 0.717) is 12.3 Å². The van der Waals surface area contributed by atoms with Gasteiger partial charge in [-0.2, -0.15) is 0 Å². The highest BCUT2D eigenvalue weighted by Gasteiger charge is 2.13. The molecule has 2 rings (SSSR count). The van der Waals surface area contributed by atoms with Crippen molar-refractivity contribution in [2.45, 2.75) is 33.6 Å². The van der Waals surface area contributed by atoms with Crippen molar-refractivity contribution in [2.75, 3.05) is 0 Å². The third kappa shape index (κ3) is 2.45. The smallest absolute Gasteiger partial charge is 0.163 e. The van der Waals surface area contributed by atoms with Crippen LogP contribution < -0.4 is 0 Å². The van der Waals surface area contributed by atoms with E-state index >= 15 is 0 Å². The molecule has 0 saturated carbocycles. The maximum absolute atomic E-state index is 12.3. The molecule has 0 aliphatic rings. The Balaban J connectivity index is 2.45. The maximum Gasteiger partial charge on any atom is 0.163 e. The monoisotopic (exact) mass is 240 g/mol. The van der Waals surface area contributed by atoms with Crippen molar-refractivity contribution in [3.8, 4) is 0 Å². The van der Waals surface area contributed by atoms with E-state index in [1.165, 1.54) is 10.9 Å². The van der Waals surface area contributed by atoms with Crippen LogP contribution in [0.25, 0.3) is 10.8 Å². The van der Waals surface area contributed by atoms with Gasteiger partial charge in [0.1, 0.15) is 0 Å². The number of aryl methyl sites for hydroxylation is 1. The number of Topliss-reactive ketones (excluding diaryl/α,β-unsaturated/α-hetero) is 1. The molecular formula is C17H20O. The van der Waals surface area contributed by atoms with Gasteiger partial charge in [0.15, 0.2) is 5.78 Å². The summed E-state index contributed by atoms with van der Waals surface area (Å²) in [6.45, 7) is 6.35. The number of rotatable bonds is 4. The molecule has 0 aliphatic carbocycles. The molecule has 94 valence electrons. The summed E-state index contributed by atoms with van der Waals surface area (Å²) in [6.07, 6.45) is 1.69. The fraction of sp³-hybridized carbons (Fsp3) is 0.353. The number of carbonyl (C=O) groups excluding carboxylic acids is 1. The molecule has 0 saturated heterocycles. The average Bonchev–Trinajstić information content (AvgIpc) is 2.39. The lowest BCUT2D eigenvalue weighted by atomic mass is 9.93. The van der Waals surface area contributed by atoms with Crippen LogP contribution >= 0.6 is 0 Å². The maximum atomic E-state index is 12.3. The predicted molar refractivity (Wildman–Crippen MR) is 77.1 cm³/mol. The molecule has 1 heteroatoms. The Morgan fingerprint density at radius 1 is 1.11 bits per heavy atom. The highest BCUT2D eigenvalue weighted by atomic mass is 16.1. The first-order valence-corrected chi connectivity index (χ1v) is 6.65. The summed E-state index contributed by atoms with van der Waals surface area (Å²) in [5.41, 5.74) is 2.10. The van der Waals surface area contributed by atoms with E-state index in [4.69, 9.17) is 0 Å². The Morgan fingerprint density at radius 3 is 2.44 bits per heavy atom. The van der Waals surface area contributed by atoms with Crippen molar-refractivity contribution < 1.29 is 4.79 Å². The van der Waals surface area contributed by atoms with Crippen molar-refractivity contribution >= 4 is 16.6 Å². The second-order valence-electron chi connectivity index (χ2n) is 5.12. The molecule has 0 bridgehead atoms. The van der Waals surface area contributed by atoms with Gasteiger partial charge in [0.25, 0.3) is 0 Å². The Morgan fingerprint density at radius 2 is 1.78 bits per heavy atom. The highest BCUT2D eigenvalue weighted by Crippen LogP contribution is 2.24. The van der Waals surface area contributed by atoms with Crippen LogP contribution in [0.15, 0.2) is 36.4 Å². The quantitative estimate of drug-likeness (QED) is 0.704. The minimum Gasteiger partial charge on any atom is -0.294 e. The lowest BCUT2D eigenvalue weighted by Gasteiger charge is -2.11. The topological polar surface area (TPSA) is 17.1 Å². The van der Waals surface area contributed by atoms with Crippen molar-refractivity contribution in [1.82, 2.24) is 0 Å². The number of hydrogen-bond donors (Lipinski definition) is 0. The molecule has 0 radical (unpaired) electrons. The van der Waals surface area contributed by atoms with E-state index in [9.17, 15) is 4.79 Å². The van der Waals surface area contributed by atoms with E-state index < -0.39 is 0 Å². The zero-order valence-corrected chi connectivity index (χ0v) is 11.4. The second-order valence-corrected chi connectivity index (χ2v) is 5.12. The Hall–Kier alpha value is -1.63. The van der Waals surface area contributed by atoms with Crippen LogP contribution in [-0.2, 0) is 0 Å². The molecule has 1 atom stereocenters. The number of ketones is 1. The van der Waals surface area contributed by atoms with Crippen LogP contribution in [0.3, 0.4) is 0 Å². The molecule has 0 heterocycles. The van der Waals surface area contributed by atoms with Crippen LogP contribution in [0, 0.1) is 12.8 Å². The van der Waals surface area contributed by atoms with Crippen LogP contribution in [0.2, 0.25) is 0 Å². The summed E-state index contributed by atoms with van der Waals surface area (Å²) in [4.78, 5) is 12.3. The normalized spacial score (nSPS) is 12.6. The van der Waals surface area contributed by atoms with Crippen LogP contribution in [0.5, 0.6) is 0 Å². The number of benzene rings is 2. The molecule has 0 N–H and O–H groups in total. The van der Waals surface area contributed by atoms with Gasteiger partial charge in [-0.15, -0.1) is 0 Å². The summed E-state index contributed by atoms with van der Waals surface area (Å²) in [5.74, 6) is 0.720. The van der Waals surface area contributed by atoms with Gasteiger partial charge < -0.3 is 0 Å². The lowest BCUT2D eigenvalue weighted by Crippen LogP contribution is -2.06. The predicted octanol–water partition coefficient (Wildman–Crippen LogP) is 4.77. The van der Waals surface area contributed by atoms with Gasteiger partial charge in [0, 0.05) is 12.0 Å². The molecule has 2 aromatic rings. The first-order chi connectivity index (χ1) is 8.63. The van der Waals surface area contributed by atoms with Crippen molar-refractivity contribution in [3.63, 3.8) is 0 Å². The van der Waals surface area contributed by atoms with Gasteiger partial charge in [0.2, 0.25) is 0 Å². The Labute approximate surface area is 109 Å². The van der Waals surface area contributed by atoms with Crippen LogP contribution in [0.4, 0.5) is 0 Å². The standard InChI is InChI=1S/C17H20O/c1-4-12(2)11-17(18)16-10-9-13(3)14-7-5-6-8-15(14)16/h5-10,12H,4,11H2,1-3H3. The zero-order valence-electron chi connectivity index (χ0n) is 11.4. The molecule has 18 heavy (non-hydrogen) atoms. The van der Waals surface area contributed by atoms with Gasteiger partial charge in [0.05, 0.1) is 0 Å². The fourth-order valence-corrected chi connectivity index (χ4v) is 2.26. The van der Waals surface area contributed by atoms with Gasteiger partial charge in [-0.3, -0.25) is 4.79 Å². The molecule has 1 nitrogen and oxygen atoms in total. The second kappa shape index (κ2) is 5.34. The van der Waals surface area contributed by atoms with E-state index in [-0.39, 0.29) is 5.78 Å². The number of fused-ring (bicyclic) bond motifs is 1. The van der Waals surface area contributed by atoms with Gasteiger partial charge in [-0.25, -0.2) is 0 Å². The fourth-order valence-electron chi connectivity index (χ4n) is 2.26. The van der Waals surface area contributed by atoms with Gasteiger partial charge in [-0.05, 0) is 29.2 Å². The first kappa shape index (κ1) is 12.8. The minimum absolute atomic E-state index is 0.264. The molecule has 0 spiro atoms. The van der Waals surface area contributed by atoms with Crippen molar-refractivity contribution in [2.24, 2.45) is 5.92 Å². The van der Waals surface area contributed by atoms with Gasteiger partial charge >= 0.3 is 0 Å². The molecule has 0 amide bonds. The van der Waals surface area contributed by atoms with Crippen molar-refractivity contribution in [3.05, 3.63) is 47.5 Å². The summed E-state index contributed by atoms with van der Waals surface area (Å²) in [7, 11) is 0. The zero-order chi connectivity index (χ0) is 13.1. The third-order valence-corrected chi connectivity index (χ3v) is 3.67. The SMILES string of the molecule is CCC(C)CC(=O)c1ccc(C)c2ccccc12. The third-order valence-electron chi connectivity index (χ3n) is 3.67. The number of hydrogen-bond acceptors (Lipinski definition) is 1. The van der Waals surface area contributed by atoms with E-state index in [0.717, 1.165) is 17.4 Å². The summed E-state index contributed by atoms with van der Waals surface area (Å²) in [5, 5.41) is 2.28. The molecule has 0 fully saturated rings. The number of carbonyl (C=O) groups is 1. The molecule has 0 aromatic heterocycles. The first-order valence-electron chi connectivity index (χ1n) is 6.65. The average molecular weight is 240 g/mol. The molecular weight excluding hydrogens is 220 g/mol. The van der Waals surface area contributed by atoms with Crippen molar-refractivity contribution in [1.29, 1.82) is 0 Å². The van der Waals surface area contributed by atoms with E-state index in [1.54, 1.807) is 0 Å². The highest BCUT2D eigenvalue weighted by molar-refractivity contribution is 6.08. The van der Waals surface area contributed by atoms with Gasteiger partial charge in [-0.1, -0.05) is 56.7 Å². The van der Waals surface area contributed by atoms with E-state index in [2.05, 4.69) is 26.8 Å². The van der Waals surface area contributed by atoms with E-state index in [1.807, 2.05) is 30.3 Å². The molecule has 0 aliphatic heterocycles. The summed E-state index contributed by atoms with van der Waals surface area (Å²) >= 11 is 0. The minimum atomic E-state index is 0.264. The van der Waals surface area contributed by atoms with Crippen LogP contribution in [-0.4, -0.2) is 5.78 Å². The molecule has 1 unspecified atom stereocenters.